The molecule has 2 N–H and O–H groups in total. The Kier molecular flexibility index (Phi) is 5.33. The molecule has 0 spiro atoms. The Bertz CT molecular complexity index is 230. The summed E-state index contributed by atoms with van der Waals surface area (Å²) < 4.78 is 0. The summed E-state index contributed by atoms with van der Waals surface area (Å²) in [5.74, 6) is -1.15. The molecule has 0 aliphatic rings. The number of aliphatic carboxylic acids is 1. The van der Waals surface area contributed by atoms with Crippen molar-refractivity contribution in [2.75, 3.05) is 0 Å². The van der Waals surface area contributed by atoms with Gasteiger partial charge in [0.2, 0.25) is 5.91 Å². The fraction of sp³-hybridized carbons (Fsp3) is 0.818. The molecule has 0 unspecified atom stereocenters. The van der Waals surface area contributed by atoms with Gasteiger partial charge in [-0.25, -0.2) is 4.79 Å². The van der Waals surface area contributed by atoms with Crippen LogP contribution in [-0.2, 0) is 9.59 Å². The summed E-state index contributed by atoms with van der Waals surface area (Å²) in [5.41, 5.74) is -0.112. The van der Waals surface area contributed by atoms with Gasteiger partial charge >= 0.3 is 5.97 Å². The predicted molar refractivity (Wildman–Crippen MR) is 58.5 cm³/mol. The fourth-order valence-electron chi connectivity index (χ4n) is 1.27. The SMILES string of the molecule is CCC[C@H](NC(=O)CC(C)(C)C)C(=O)O. The summed E-state index contributed by atoms with van der Waals surface area (Å²) in [4.78, 5) is 22.2. The van der Waals surface area contributed by atoms with E-state index in [2.05, 4.69) is 5.32 Å². The van der Waals surface area contributed by atoms with Crippen LogP contribution in [0.2, 0.25) is 0 Å². The van der Waals surface area contributed by atoms with Gasteiger partial charge in [-0.3, -0.25) is 4.79 Å². The zero-order valence-corrected chi connectivity index (χ0v) is 9.96. The van der Waals surface area contributed by atoms with Crippen LogP contribution in [0.15, 0.2) is 0 Å². The number of amides is 1. The van der Waals surface area contributed by atoms with E-state index in [0.717, 1.165) is 6.42 Å². The Morgan fingerprint density at radius 2 is 1.87 bits per heavy atom. The van der Waals surface area contributed by atoms with E-state index in [4.69, 9.17) is 5.11 Å². The van der Waals surface area contributed by atoms with Crippen LogP contribution < -0.4 is 5.32 Å². The molecule has 0 saturated carbocycles. The monoisotopic (exact) mass is 215 g/mol. The number of carboxylic acids is 1. The van der Waals surface area contributed by atoms with Crippen LogP contribution in [0.3, 0.4) is 0 Å². The van der Waals surface area contributed by atoms with E-state index in [9.17, 15) is 9.59 Å². The third-order valence-corrected chi connectivity index (χ3v) is 1.90. The molecule has 0 heterocycles. The van der Waals surface area contributed by atoms with Crippen molar-refractivity contribution in [1.29, 1.82) is 0 Å². The lowest BCUT2D eigenvalue weighted by atomic mass is 9.92. The molecule has 0 bridgehead atoms. The molecule has 4 nitrogen and oxygen atoms in total. The van der Waals surface area contributed by atoms with Crippen molar-refractivity contribution in [2.24, 2.45) is 5.41 Å². The maximum absolute atomic E-state index is 11.5. The highest BCUT2D eigenvalue weighted by atomic mass is 16.4. The molecule has 15 heavy (non-hydrogen) atoms. The Labute approximate surface area is 91.1 Å². The van der Waals surface area contributed by atoms with E-state index in [1.807, 2.05) is 27.7 Å². The van der Waals surface area contributed by atoms with Gasteiger partial charge in [0.1, 0.15) is 6.04 Å². The number of nitrogens with one attached hydrogen (secondary N) is 1. The highest BCUT2D eigenvalue weighted by Gasteiger charge is 2.22. The molecule has 0 saturated heterocycles. The molecule has 0 aromatic carbocycles. The van der Waals surface area contributed by atoms with Crippen LogP contribution in [-0.4, -0.2) is 23.0 Å². The lowest BCUT2D eigenvalue weighted by Gasteiger charge is -2.19. The maximum atomic E-state index is 11.5. The molecule has 0 aliphatic carbocycles. The molecule has 0 aromatic heterocycles. The summed E-state index contributed by atoms with van der Waals surface area (Å²) in [6.07, 6.45) is 1.57. The molecule has 1 amide bonds. The Morgan fingerprint density at radius 1 is 1.33 bits per heavy atom. The van der Waals surface area contributed by atoms with Crippen LogP contribution in [0.5, 0.6) is 0 Å². The second-order valence-electron chi connectivity index (χ2n) is 4.98. The molecular weight excluding hydrogens is 194 g/mol. The number of hydrogen-bond acceptors (Lipinski definition) is 2. The number of rotatable bonds is 5. The minimum atomic E-state index is -0.959. The van der Waals surface area contributed by atoms with Crippen LogP contribution in [0, 0.1) is 5.41 Å². The zero-order valence-electron chi connectivity index (χ0n) is 9.96. The van der Waals surface area contributed by atoms with Gasteiger partial charge in [-0.2, -0.15) is 0 Å². The Hall–Kier alpha value is -1.06. The molecular formula is C11H21NO3. The average Bonchev–Trinajstić information content (AvgIpc) is 1.99. The minimum Gasteiger partial charge on any atom is -0.480 e. The predicted octanol–water partition coefficient (Wildman–Crippen LogP) is 1.79. The minimum absolute atomic E-state index is 0.112. The summed E-state index contributed by atoms with van der Waals surface area (Å²) in [6.45, 7) is 7.73. The number of carbonyl (C=O) groups excluding carboxylic acids is 1. The third-order valence-electron chi connectivity index (χ3n) is 1.90. The smallest absolute Gasteiger partial charge is 0.326 e. The first kappa shape index (κ1) is 13.9. The van der Waals surface area contributed by atoms with Crippen molar-refractivity contribution >= 4 is 11.9 Å². The lowest BCUT2D eigenvalue weighted by molar-refractivity contribution is -0.142. The molecule has 0 rings (SSSR count). The summed E-state index contributed by atoms with van der Waals surface area (Å²) in [6, 6.07) is -0.746. The van der Waals surface area contributed by atoms with Crippen LogP contribution in [0.25, 0.3) is 0 Å². The number of carboxylic acid groups (broad SMARTS) is 1. The van der Waals surface area contributed by atoms with Gasteiger partial charge < -0.3 is 10.4 Å². The molecule has 0 aliphatic heterocycles. The molecule has 1 atom stereocenters. The maximum Gasteiger partial charge on any atom is 0.326 e. The second kappa shape index (κ2) is 5.73. The number of carbonyl (C=O) groups is 2. The topological polar surface area (TPSA) is 66.4 Å². The van der Waals surface area contributed by atoms with Gasteiger partial charge in [-0.05, 0) is 11.8 Å². The third kappa shape index (κ3) is 6.94. The van der Waals surface area contributed by atoms with Crippen molar-refractivity contribution in [3.05, 3.63) is 0 Å². The number of hydrogen-bond donors (Lipinski definition) is 2. The van der Waals surface area contributed by atoms with Crippen LogP contribution >= 0.6 is 0 Å². The van der Waals surface area contributed by atoms with E-state index in [0.29, 0.717) is 12.8 Å². The van der Waals surface area contributed by atoms with Gasteiger partial charge in [0.25, 0.3) is 0 Å². The fourth-order valence-corrected chi connectivity index (χ4v) is 1.27. The van der Waals surface area contributed by atoms with Crippen molar-refractivity contribution in [3.8, 4) is 0 Å². The van der Waals surface area contributed by atoms with Gasteiger partial charge in [0.05, 0.1) is 0 Å². The van der Waals surface area contributed by atoms with Crippen molar-refractivity contribution in [2.45, 2.75) is 53.0 Å². The van der Waals surface area contributed by atoms with Gasteiger partial charge in [0.15, 0.2) is 0 Å². The van der Waals surface area contributed by atoms with E-state index in [1.165, 1.54) is 0 Å². The quantitative estimate of drug-likeness (QED) is 0.734. The first-order chi connectivity index (χ1) is 6.76. The van der Waals surface area contributed by atoms with Crippen LogP contribution in [0.4, 0.5) is 0 Å². The van der Waals surface area contributed by atoms with E-state index in [1.54, 1.807) is 0 Å². The summed E-state index contributed by atoms with van der Waals surface area (Å²) >= 11 is 0. The van der Waals surface area contributed by atoms with Gasteiger partial charge in [-0.15, -0.1) is 0 Å². The van der Waals surface area contributed by atoms with Gasteiger partial charge in [0, 0.05) is 6.42 Å². The molecule has 0 aromatic rings. The average molecular weight is 215 g/mol. The van der Waals surface area contributed by atoms with Crippen molar-refractivity contribution in [1.82, 2.24) is 5.32 Å². The van der Waals surface area contributed by atoms with E-state index in [-0.39, 0.29) is 11.3 Å². The van der Waals surface area contributed by atoms with Gasteiger partial charge in [-0.1, -0.05) is 34.1 Å². The lowest BCUT2D eigenvalue weighted by Crippen LogP contribution is -2.41. The highest BCUT2D eigenvalue weighted by molar-refractivity contribution is 5.83. The Morgan fingerprint density at radius 3 is 2.20 bits per heavy atom. The zero-order chi connectivity index (χ0) is 12.1. The molecule has 0 fully saturated rings. The molecule has 88 valence electrons. The first-order valence-electron chi connectivity index (χ1n) is 5.28. The molecule has 4 heteroatoms. The highest BCUT2D eigenvalue weighted by Crippen LogP contribution is 2.18. The molecule has 0 radical (unpaired) electrons. The first-order valence-corrected chi connectivity index (χ1v) is 5.28. The van der Waals surface area contributed by atoms with Crippen molar-refractivity contribution in [3.63, 3.8) is 0 Å². The standard InChI is InChI=1S/C11H21NO3/c1-5-6-8(10(14)15)12-9(13)7-11(2,3)4/h8H,5-7H2,1-4H3,(H,12,13)(H,14,15)/t8-/m0/s1. The Balaban J connectivity index is 4.18. The largest absolute Gasteiger partial charge is 0.480 e. The normalized spacial score (nSPS) is 13.3. The van der Waals surface area contributed by atoms with Crippen LogP contribution in [0.1, 0.15) is 47.0 Å². The van der Waals surface area contributed by atoms with E-state index >= 15 is 0 Å². The summed E-state index contributed by atoms with van der Waals surface area (Å²) in [5, 5.41) is 11.4. The van der Waals surface area contributed by atoms with Crippen molar-refractivity contribution < 1.29 is 14.7 Å². The second-order valence-corrected chi connectivity index (χ2v) is 4.98. The summed E-state index contributed by atoms with van der Waals surface area (Å²) in [7, 11) is 0. The van der Waals surface area contributed by atoms with E-state index < -0.39 is 12.0 Å².